The van der Waals surface area contributed by atoms with Gasteiger partial charge >= 0.3 is 6.18 Å². The van der Waals surface area contributed by atoms with Crippen LogP contribution in [-0.4, -0.2) is 76.0 Å². The van der Waals surface area contributed by atoms with Crippen molar-refractivity contribution >= 4 is 5.82 Å². The van der Waals surface area contributed by atoms with E-state index in [4.69, 9.17) is 10.5 Å². The number of hydrogen-bond acceptors (Lipinski definition) is 6. The van der Waals surface area contributed by atoms with Crippen LogP contribution in [0.4, 0.5) is 19.0 Å². The first-order valence-corrected chi connectivity index (χ1v) is 12.4. The Bertz CT molecular complexity index is 1150. The van der Waals surface area contributed by atoms with Crippen LogP contribution in [0.5, 0.6) is 0 Å². The SMILES string of the molecule is CC(C)n1nc(-c2cnc(N)c(C(F)(F)F)c2)cc1[C@@H]1C2=C[C@@H](N3CCN(C4COC4)CC3)C[C@H]21. The van der Waals surface area contributed by atoms with Gasteiger partial charge in [0.1, 0.15) is 5.82 Å². The monoisotopic (exact) mass is 488 g/mol. The summed E-state index contributed by atoms with van der Waals surface area (Å²) in [6, 6.07) is 4.18. The Kier molecular flexibility index (Phi) is 5.46. The van der Waals surface area contributed by atoms with Crippen molar-refractivity contribution in [1.82, 2.24) is 24.6 Å². The van der Waals surface area contributed by atoms with Crippen molar-refractivity contribution in [2.24, 2.45) is 5.92 Å². The third-order valence-corrected chi connectivity index (χ3v) is 8.01. The van der Waals surface area contributed by atoms with Crippen LogP contribution in [-0.2, 0) is 10.9 Å². The molecule has 4 heterocycles. The van der Waals surface area contributed by atoms with Crippen molar-refractivity contribution in [3.05, 3.63) is 41.2 Å². The lowest BCUT2D eigenvalue weighted by Gasteiger charge is -2.44. The molecule has 0 bridgehead atoms. The first kappa shape index (κ1) is 23.0. The summed E-state index contributed by atoms with van der Waals surface area (Å²) in [5, 5.41) is 4.68. The highest BCUT2D eigenvalue weighted by molar-refractivity contribution is 5.64. The number of anilines is 1. The molecular formula is C25H31F3N6O. The molecule has 2 aromatic rings. The predicted octanol–water partition coefficient (Wildman–Crippen LogP) is 3.56. The van der Waals surface area contributed by atoms with Crippen LogP contribution in [0.15, 0.2) is 30.0 Å². The van der Waals surface area contributed by atoms with Crippen LogP contribution in [0.3, 0.4) is 0 Å². The number of ether oxygens (including phenoxy) is 1. The molecule has 0 amide bonds. The number of nitrogen functional groups attached to an aromatic ring is 1. The van der Waals surface area contributed by atoms with E-state index in [0.29, 0.717) is 35.2 Å². The fraction of sp³-hybridized carbons (Fsp3) is 0.600. The highest BCUT2D eigenvalue weighted by Gasteiger charge is 2.52. The van der Waals surface area contributed by atoms with Crippen molar-refractivity contribution in [3.8, 4) is 11.3 Å². The van der Waals surface area contributed by atoms with Gasteiger partial charge in [-0.2, -0.15) is 18.3 Å². The average Bonchev–Trinajstić information content (AvgIpc) is 3.13. The summed E-state index contributed by atoms with van der Waals surface area (Å²) in [6.07, 6.45) is 0.356. The third-order valence-electron chi connectivity index (χ3n) is 8.01. The minimum Gasteiger partial charge on any atom is -0.383 e. The summed E-state index contributed by atoms with van der Waals surface area (Å²) in [4.78, 5) is 8.93. The van der Waals surface area contributed by atoms with Gasteiger partial charge in [0.2, 0.25) is 0 Å². The minimum atomic E-state index is -4.55. The van der Waals surface area contributed by atoms with E-state index >= 15 is 0 Å². The summed E-state index contributed by atoms with van der Waals surface area (Å²) in [5.41, 5.74) is 7.93. The largest absolute Gasteiger partial charge is 0.419 e. The second-order valence-electron chi connectivity index (χ2n) is 10.5. The molecule has 7 nitrogen and oxygen atoms in total. The maximum atomic E-state index is 13.4. The average molecular weight is 489 g/mol. The molecule has 2 saturated heterocycles. The minimum absolute atomic E-state index is 0.101. The number of allylic oxidation sites excluding steroid dienone is 1. The molecule has 10 heteroatoms. The number of hydrogen-bond donors (Lipinski definition) is 1. The third kappa shape index (κ3) is 4.05. The maximum Gasteiger partial charge on any atom is 0.419 e. The lowest BCUT2D eigenvalue weighted by molar-refractivity contribution is -0.137. The number of alkyl halides is 3. The molecular weight excluding hydrogens is 457 g/mol. The molecule has 3 fully saturated rings. The first-order chi connectivity index (χ1) is 16.7. The number of nitrogens with two attached hydrogens (primary N) is 1. The molecule has 6 rings (SSSR count). The highest BCUT2D eigenvalue weighted by atomic mass is 19.4. The van der Waals surface area contributed by atoms with Crippen molar-refractivity contribution in [1.29, 1.82) is 0 Å². The number of piperazine rings is 1. The number of fused-ring (bicyclic) bond motifs is 1. The molecule has 1 saturated carbocycles. The van der Waals surface area contributed by atoms with Gasteiger partial charge in [-0.25, -0.2) is 4.98 Å². The number of rotatable bonds is 5. The Balaban J connectivity index is 1.19. The Labute approximate surface area is 202 Å². The van der Waals surface area contributed by atoms with Gasteiger partial charge in [-0.1, -0.05) is 11.6 Å². The van der Waals surface area contributed by atoms with E-state index in [0.717, 1.165) is 57.6 Å². The molecule has 0 radical (unpaired) electrons. The zero-order valence-corrected chi connectivity index (χ0v) is 20.0. The lowest BCUT2D eigenvalue weighted by Crippen LogP contribution is -2.57. The molecule has 2 N–H and O–H groups in total. The lowest BCUT2D eigenvalue weighted by atomic mass is 10.0. The fourth-order valence-electron chi connectivity index (χ4n) is 5.93. The van der Waals surface area contributed by atoms with Crippen LogP contribution in [0.2, 0.25) is 0 Å². The molecule has 35 heavy (non-hydrogen) atoms. The normalized spacial score (nSPS) is 27.7. The van der Waals surface area contributed by atoms with Gasteiger partial charge in [-0.15, -0.1) is 0 Å². The van der Waals surface area contributed by atoms with E-state index in [2.05, 4.69) is 26.0 Å². The van der Waals surface area contributed by atoms with Crippen LogP contribution in [0.1, 0.15) is 43.5 Å². The molecule has 0 aromatic carbocycles. The van der Waals surface area contributed by atoms with Crippen molar-refractivity contribution in [2.45, 2.75) is 50.5 Å². The van der Waals surface area contributed by atoms with Crippen LogP contribution >= 0.6 is 0 Å². The Morgan fingerprint density at radius 2 is 1.80 bits per heavy atom. The zero-order chi connectivity index (χ0) is 24.5. The Hall–Kier alpha value is -2.43. The first-order valence-electron chi connectivity index (χ1n) is 12.4. The maximum absolute atomic E-state index is 13.4. The predicted molar refractivity (Wildman–Crippen MR) is 126 cm³/mol. The van der Waals surface area contributed by atoms with Gasteiger partial charge in [0.15, 0.2) is 0 Å². The molecule has 2 aliphatic heterocycles. The van der Waals surface area contributed by atoms with E-state index < -0.39 is 17.6 Å². The number of pyridine rings is 1. The second kappa shape index (κ2) is 8.31. The van der Waals surface area contributed by atoms with E-state index in [1.807, 2.05) is 24.6 Å². The van der Waals surface area contributed by atoms with Crippen molar-refractivity contribution < 1.29 is 17.9 Å². The summed E-state index contributed by atoms with van der Waals surface area (Å²) in [5.74, 6) is 0.280. The second-order valence-corrected chi connectivity index (χ2v) is 10.5. The van der Waals surface area contributed by atoms with Crippen molar-refractivity contribution in [2.75, 3.05) is 45.1 Å². The molecule has 0 spiro atoms. The van der Waals surface area contributed by atoms with Crippen molar-refractivity contribution in [3.63, 3.8) is 0 Å². The van der Waals surface area contributed by atoms with E-state index in [9.17, 15) is 13.2 Å². The molecule has 2 aliphatic carbocycles. The molecule has 3 atom stereocenters. The van der Waals surface area contributed by atoms with Gasteiger partial charge < -0.3 is 10.5 Å². The molecule has 2 aromatic heterocycles. The smallest absolute Gasteiger partial charge is 0.383 e. The summed E-state index contributed by atoms with van der Waals surface area (Å²) >= 11 is 0. The van der Waals surface area contributed by atoms with E-state index in [-0.39, 0.29) is 6.04 Å². The van der Waals surface area contributed by atoms with Gasteiger partial charge in [-0.3, -0.25) is 14.5 Å². The summed E-state index contributed by atoms with van der Waals surface area (Å²) in [6.45, 7) is 10.2. The quantitative estimate of drug-likeness (QED) is 0.649. The number of nitrogens with zero attached hydrogens (tertiary/aromatic N) is 5. The topological polar surface area (TPSA) is 72.4 Å². The Morgan fingerprint density at radius 3 is 2.37 bits per heavy atom. The molecule has 188 valence electrons. The Morgan fingerprint density at radius 1 is 1.09 bits per heavy atom. The van der Waals surface area contributed by atoms with Gasteiger partial charge in [0.25, 0.3) is 0 Å². The highest BCUT2D eigenvalue weighted by Crippen LogP contribution is 2.60. The number of aromatic nitrogens is 3. The molecule has 0 unspecified atom stereocenters. The zero-order valence-electron chi connectivity index (χ0n) is 20.0. The summed E-state index contributed by atoms with van der Waals surface area (Å²) < 4.78 is 47.4. The van der Waals surface area contributed by atoms with Gasteiger partial charge in [0, 0.05) is 61.6 Å². The number of halogens is 3. The molecule has 4 aliphatic rings. The van der Waals surface area contributed by atoms with Crippen LogP contribution in [0.25, 0.3) is 11.3 Å². The summed E-state index contributed by atoms with van der Waals surface area (Å²) in [7, 11) is 0. The van der Waals surface area contributed by atoms with Gasteiger partial charge in [0.05, 0.1) is 30.5 Å². The van der Waals surface area contributed by atoms with E-state index in [1.54, 1.807) is 0 Å². The standard InChI is InChI=1S/C25H31F3N6O/c1-14(2)34-22(10-21(31-34)15-7-20(25(26,27)28)24(29)30-11-15)23-18-8-16(9-19(18)23)32-3-5-33(6-4-32)17-12-35-13-17/h7-8,10-11,14,16-17,19,23H,3-6,9,12-13H2,1-2H3,(H2,29,30)/t16-,19-,23-/m1/s1. The van der Waals surface area contributed by atoms with Gasteiger partial charge in [-0.05, 0) is 38.3 Å². The van der Waals surface area contributed by atoms with E-state index in [1.165, 1.54) is 11.8 Å². The van der Waals surface area contributed by atoms with Crippen LogP contribution < -0.4 is 5.73 Å². The van der Waals surface area contributed by atoms with Crippen LogP contribution in [0, 0.1) is 5.92 Å². The fourth-order valence-corrected chi connectivity index (χ4v) is 5.93.